The highest BCUT2D eigenvalue weighted by Gasteiger charge is 2.31. The van der Waals surface area contributed by atoms with Gasteiger partial charge in [0.2, 0.25) is 11.9 Å². The number of hydrogen-bond donors (Lipinski definition) is 2. The van der Waals surface area contributed by atoms with Crippen LogP contribution in [-0.2, 0) is 4.79 Å². The number of hydrogen-bond acceptors (Lipinski definition) is 8. The molecule has 3 fully saturated rings. The molecule has 1 saturated carbocycles. The molecule has 2 N–H and O–H groups in total. The van der Waals surface area contributed by atoms with Crippen molar-refractivity contribution in [1.82, 2.24) is 24.8 Å². The van der Waals surface area contributed by atoms with Gasteiger partial charge in [-0.05, 0) is 50.3 Å². The minimum Gasteiger partial charge on any atom is -0.368 e. The number of anilines is 4. The van der Waals surface area contributed by atoms with Crippen molar-refractivity contribution in [3.05, 3.63) is 39.9 Å². The molecule has 0 bridgehead atoms. The summed E-state index contributed by atoms with van der Waals surface area (Å²) >= 11 is 0. The molecule has 0 aromatic carbocycles. The third kappa shape index (κ3) is 4.33. The van der Waals surface area contributed by atoms with Crippen LogP contribution in [0.1, 0.15) is 55.7 Å². The standard InChI is InChI=1S/C27H34N8O2/c1-17-14-22(29-16-21(17)33-12-9-28-10-13-33)31-27-30-15-20-18(2)24(34-11-5-8-23(34)36)26(37)35(25(20)32-27)19-6-3-4-7-19/h14-16,19,28H,3-13H2,1-2H3,(H,29,30,31,32). The summed E-state index contributed by atoms with van der Waals surface area (Å²) in [7, 11) is 0. The first-order valence-electron chi connectivity index (χ1n) is 13.4. The molecule has 0 unspecified atom stereocenters. The molecule has 37 heavy (non-hydrogen) atoms. The smallest absolute Gasteiger partial charge is 0.276 e. The molecule has 0 spiro atoms. The summed E-state index contributed by atoms with van der Waals surface area (Å²) in [6.45, 7) is 8.45. The highest BCUT2D eigenvalue weighted by molar-refractivity contribution is 5.98. The van der Waals surface area contributed by atoms with Gasteiger partial charge in [-0.25, -0.2) is 9.97 Å². The fourth-order valence-corrected chi connectivity index (χ4v) is 6.05. The number of pyridine rings is 2. The molecule has 5 heterocycles. The molecular weight excluding hydrogens is 468 g/mol. The van der Waals surface area contributed by atoms with Crippen molar-refractivity contribution >= 4 is 40.1 Å². The molecular formula is C27H34N8O2. The normalized spacial score (nSPS) is 18.8. The van der Waals surface area contributed by atoms with E-state index < -0.39 is 0 Å². The number of amides is 1. The van der Waals surface area contributed by atoms with Gasteiger partial charge in [-0.1, -0.05) is 12.8 Å². The van der Waals surface area contributed by atoms with Crippen LogP contribution < -0.4 is 26.0 Å². The summed E-state index contributed by atoms with van der Waals surface area (Å²) in [5.41, 5.74) is 4.04. The maximum Gasteiger partial charge on any atom is 0.276 e. The molecule has 0 atom stereocenters. The van der Waals surface area contributed by atoms with Crippen LogP contribution in [0.15, 0.2) is 23.3 Å². The largest absolute Gasteiger partial charge is 0.368 e. The van der Waals surface area contributed by atoms with Gasteiger partial charge in [0.15, 0.2) is 0 Å². The maximum absolute atomic E-state index is 13.9. The summed E-state index contributed by atoms with van der Waals surface area (Å²) in [4.78, 5) is 44.6. The Hall–Kier alpha value is -3.53. The number of rotatable bonds is 5. The van der Waals surface area contributed by atoms with E-state index >= 15 is 0 Å². The second kappa shape index (κ2) is 9.74. The van der Waals surface area contributed by atoms with Gasteiger partial charge >= 0.3 is 0 Å². The second-order valence-electron chi connectivity index (χ2n) is 10.4. The summed E-state index contributed by atoms with van der Waals surface area (Å²) in [5, 5.41) is 7.45. The van der Waals surface area contributed by atoms with E-state index in [1.807, 2.05) is 23.8 Å². The van der Waals surface area contributed by atoms with Gasteiger partial charge in [0.05, 0.1) is 11.9 Å². The van der Waals surface area contributed by atoms with Crippen LogP contribution in [0.5, 0.6) is 0 Å². The van der Waals surface area contributed by atoms with Crippen molar-refractivity contribution in [2.24, 2.45) is 0 Å². The molecule has 2 aliphatic heterocycles. The van der Waals surface area contributed by atoms with E-state index in [4.69, 9.17) is 4.98 Å². The lowest BCUT2D eigenvalue weighted by atomic mass is 10.1. The Morgan fingerprint density at radius 2 is 1.78 bits per heavy atom. The molecule has 0 radical (unpaired) electrons. The van der Waals surface area contributed by atoms with Crippen LogP contribution in [0.25, 0.3) is 11.0 Å². The van der Waals surface area contributed by atoms with E-state index in [-0.39, 0.29) is 17.5 Å². The van der Waals surface area contributed by atoms with E-state index in [9.17, 15) is 9.59 Å². The average Bonchev–Trinajstić information content (AvgIpc) is 3.57. The van der Waals surface area contributed by atoms with Gasteiger partial charge in [-0.15, -0.1) is 0 Å². The predicted molar refractivity (Wildman–Crippen MR) is 145 cm³/mol. The molecule has 3 aromatic heterocycles. The van der Waals surface area contributed by atoms with Crippen molar-refractivity contribution < 1.29 is 4.79 Å². The van der Waals surface area contributed by atoms with Crippen molar-refractivity contribution in [1.29, 1.82) is 0 Å². The van der Waals surface area contributed by atoms with E-state index in [1.165, 1.54) is 0 Å². The van der Waals surface area contributed by atoms with Crippen LogP contribution in [0.3, 0.4) is 0 Å². The summed E-state index contributed by atoms with van der Waals surface area (Å²) < 4.78 is 1.83. The minimum atomic E-state index is -0.119. The zero-order chi connectivity index (χ0) is 25.5. The Kier molecular flexibility index (Phi) is 6.27. The average molecular weight is 503 g/mol. The zero-order valence-corrected chi connectivity index (χ0v) is 21.6. The Morgan fingerprint density at radius 1 is 1.00 bits per heavy atom. The van der Waals surface area contributed by atoms with Gasteiger partial charge in [0, 0.05) is 56.8 Å². The number of fused-ring (bicyclic) bond motifs is 1. The van der Waals surface area contributed by atoms with E-state index in [1.54, 1.807) is 11.1 Å². The van der Waals surface area contributed by atoms with Crippen LogP contribution >= 0.6 is 0 Å². The van der Waals surface area contributed by atoms with E-state index in [0.717, 1.165) is 80.5 Å². The number of nitrogens with one attached hydrogen (secondary N) is 2. The molecule has 3 aromatic rings. The van der Waals surface area contributed by atoms with E-state index in [0.29, 0.717) is 36.1 Å². The summed E-state index contributed by atoms with van der Waals surface area (Å²) in [6, 6.07) is 2.09. The SMILES string of the molecule is Cc1cc(Nc2ncc3c(C)c(N4CCCC4=O)c(=O)n(C4CCCC4)c3n2)ncc1N1CCNCC1. The lowest BCUT2D eigenvalue weighted by Gasteiger charge is -2.30. The predicted octanol–water partition coefficient (Wildman–Crippen LogP) is 3.20. The maximum atomic E-state index is 13.9. The number of nitrogens with zero attached hydrogens (tertiary/aromatic N) is 6. The number of piperazine rings is 1. The quantitative estimate of drug-likeness (QED) is 0.548. The van der Waals surface area contributed by atoms with E-state index in [2.05, 4.69) is 32.4 Å². The first-order chi connectivity index (χ1) is 18.0. The lowest BCUT2D eigenvalue weighted by Crippen LogP contribution is -2.43. The monoisotopic (exact) mass is 502 g/mol. The van der Waals surface area contributed by atoms with Crippen molar-refractivity contribution in [3.8, 4) is 0 Å². The van der Waals surface area contributed by atoms with Crippen LogP contribution in [-0.4, -0.2) is 58.1 Å². The molecule has 1 aliphatic carbocycles. The van der Waals surface area contributed by atoms with Gasteiger partial charge in [0.1, 0.15) is 17.2 Å². The van der Waals surface area contributed by atoms with Crippen LogP contribution in [0.2, 0.25) is 0 Å². The fraction of sp³-hybridized carbons (Fsp3) is 0.519. The van der Waals surface area contributed by atoms with Crippen LogP contribution in [0, 0.1) is 13.8 Å². The highest BCUT2D eigenvalue weighted by atomic mass is 16.2. The molecule has 6 rings (SSSR count). The third-order valence-electron chi connectivity index (χ3n) is 7.99. The molecule has 2 saturated heterocycles. The molecule has 10 nitrogen and oxygen atoms in total. The van der Waals surface area contributed by atoms with Crippen molar-refractivity contribution in [2.45, 2.75) is 58.4 Å². The first kappa shape index (κ1) is 23.8. The Bertz CT molecular complexity index is 1410. The molecule has 3 aliphatic rings. The van der Waals surface area contributed by atoms with Crippen LogP contribution in [0.4, 0.5) is 23.1 Å². The topological polar surface area (TPSA) is 108 Å². The Morgan fingerprint density at radius 3 is 2.49 bits per heavy atom. The zero-order valence-electron chi connectivity index (χ0n) is 21.6. The van der Waals surface area contributed by atoms with Gasteiger partial charge < -0.3 is 20.4 Å². The van der Waals surface area contributed by atoms with Gasteiger partial charge in [0.25, 0.3) is 5.56 Å². The lowest BCUT2D eigenvalue weighted by molar-refractivity contribution is -0.117. The molecule has 10 heteroatoms. The molecule has 1 amide bonds. The summed E-state index contributed by atoms with van der Waals surface area (Å²) in [6.07, 6.45) is 8.99. The second-order valence-corrected chi connectivity index (χ2v) is 10.4. The van der Waals surface area contributed by atoms with Crippen molar-refractivity contribution in [3.63, 3.8) is 0 Å². The minimum absolute atomic E-state index is 0.0161. The number of aryl methyl sites for hydroxylation is 2. The third-order valence-corrected chi connectivity index (χ3v) is 7.99. The first-order valence-corrected chi connectivity index (χ1v) is 13.4. The van der Waals surface area contributed by atoms with Gasteiger partial charge in [-0.2, -0.15) is 4.98 Å². The Balaban J connectivity index is 1.39. The number of carbonyl (C=O) groups is 1. The number of aromatic nitrogens is 4. The summed E-state index contributed by atoms with van der Waals surface area (Å²) in [5.74, 6) is 1.09. The van der Waals surface area contributed by atoms with Gasteiger partial charge in [-0.3, -0.25) is 14.2 Å². The fourth-order valence-electron chi connectivity index (χ4n) is 6.05. The highest BCUT2D eigenvalue weighted by Crippen LogP contribution is 2.34. The molecule has 194 valence electrons. The van der Waals surface area contributed by atoms with Crippen molar-refractivity contribution in [2.75, 3.05) is 47.8 Å². The Labute approximate surface area is 216 Å². The number of carbonyl (C=O) groups excluding carboxylic acids is 1.